The van der Waals surface area contributed by atoms with Gasteiger partial charge in [0.05, 0.1) is 12.0 Å². The van der Waals surface area contributed by atoms with Crippen molar-refractivity contribution in [3.05, 3.63) is 70.8 Å². The number of hydrogen-bond acceptors (Lipinski definition) is 4. The number of benzene rings is 2. The third-order valence-corrected chi connectivity index (χ3v) is 8.33. The van der Waals surface area contributed by atoms with Gasteiger partial charge in [-0.3, -0.25) is 19.4 Å². The van der Waals surface area contributed by atoms with Gasteiger partial charge < -0.3 is 15.3 Å². The van der Waals surface area contributed by atoms with Crippen LogP contribution < -0.4 is 5.32 Å². The summed E-state index contributed by atoms with van der Waals surface area (Å²) >= 11 is 0. The molecule has 1 fully saturated rings. The van der Waals surface area contributed by atoms with Crippen molar-refractivity contribution in [3.8, 4) is 0 Å². The standard InChI is InChI=1S/C31H36F3N3O4/c1-19(2)21-11-14-30(15-12-21)36-27(24-5-4-6-25(17-24)31(32,33)34)29(41)37(30)18-20(3)22-7-9-23(10-8-22)28(40)35-16-13-26(38)39/h4-10,17,19-21H,11-16,18H2,1-3H3,(H,35,40)(H,38,39). The monoisotopic (exact) mass is 571 g/mol. The van der Waals surface area contributed by atoms with E-state index in [4.69, 9.17) is 10.1 Å². The summed E-state index contributed by atoms with van der Waals surface area (Å²) in [5.74, 6) is -0.894. The predicted molar refractivity (Wildman–Crippen MR) is 149 cm³/mol. The number of aliphatic carboxylic acids is 1. The molecule has 1 atom stereocenters. The molecule has 2 N–H and O–H groups in total. The summed E-state index contributed by atoms with van der Waals surface area (Å²) in [5, 5.41) is 11.3. The molecule has 1 saturated carbocycles. The average molecular weight is 572 g/mol. The Morgan fingerprint density at radius 3 is 2.34 bits per heavy atom. The number of aliphatic imine (C=N–C) groups is 1. The van der Waals surface area contributed by atoms with Crippen molar-refractivity contribution in [2.75, 3.05) is 13.1 Å². The van der Waals surface area contributed by atoms with E-state index in [-0.39, 0.29) is 42.0 Å². The molecule has 4 rings (SSSR count). The molecule has 41 heavy (non-hydrogen) atoms. The number of carbonyl (C=O) groups is 3. The Kier molecular flexibility index (Phi) is 8.89. The van der Waals surface area contributed by atoms with E-state index in [1.165, 1.54) is 12.1 Å². The third-order valence-electron chi connectivity index (χ3n) is 8.33. The first-order valence-electron chi connectivity index (χ1n) is 14.0. The Morgan fingerprint density at radius 1 is 1.10 bits per heavy atom. The van der Waals surface area contributed by atoms with Crippen LogP contribution in [0.25, 0.3) is 0 Å². The molecule has 2 aromatic carbocycles. The van der Waals surface area contributed by atoms with Crippen LogP contribution in [0.15, 0.2) is 53.5 Å². The van der Waals surface area contributed by atoms with Gasteiger partial charge in [-0.15, -0.1) is 0 Å². The SMILES string of the molecule is CC(CN1C(=O)C(c2cccc(C(F)(F)F)c2)=NC12CCC(C(C)C)CC2)c1ccc(C(=O)NCCC(=O)O)cc1. The maximum atomic E-state index is 13.8. The maximum absolute atomic E-state index is 13.8. The van der Waals surface area contributed by atoms with Crippen molar-refractivity contribution in [3.63, 3.8) is 0 Å². The number of carboxylic acids is 1. The predicted octanol–water partition coefficient (Wildman–Crippen LogP) is 5.89. The van der Waals surface area contributed by atoms with Gasteiger partial charge in [-0.1, -0.05) is 45.0 Å². The molecular formula is C31H36F3N3O4. The Balaban J connectivity index is 1.56. The van der Waals surface area contributed by atoms with Crippen molar-refractivity contribution in [1.29, 1.82) is 0 Å². The minimum Gasteiger partial charge on any atom is -0.481 e. The van der Waals surface area contributed by atoms with E-state index in [2.05, 4.69) is 19.2 Å². The highest BCUT2D eigenvalue weighted by Gasteiger charge is 2.49. The molecule has 10 heteroatoms. The zero-order valence-corrected chi connectivity index (χ0v) is 23.5. The van der Waals surface area contributed by atoms with Crippen LogP contribution in [0, 0.1) is 11.8 Å². The van der Waals surface area contributed by atoms with Gasteiger partial charge in [0, 0.05) is 24.2 Å². The molecule has 0 saturated heterocycles. The van der Waals surface area contributed by atoms with Gasteiger partial charge in [0.15, 0.2) is 0 Å². The molecule has 0 radical (unpaired) electrons. The van der Waals surface area contributed by atoms with Crippen LogP contribution in [-0.2, 0) is 15.8 Å². The summed E-state index contributed by atoms with van der Waals surface area (Å²) in [7, 11) is 0. The number of carbonyl (C=O) groups excluding carboxylic acids is 2. The fraction of sp³-hybridized carbons (Fsp3) is 0.484. The van der Waals surface area contributed by atoms with Gasteiger partial charge in [-0.05, 0) is 73.3 Å². The zero-order chi connectivity index (χ0) is 29.9. The number of alkyl halides is 3. The van der Waals surface area contributed by atoms with Crippen molar-refractivity contribution in [2.24, 2.45) is 16.8 Å². The number of nitrogens with one attached hydrogen (secondary N) is 1. The molecule has 2 aromatic rings. The molecule has 1 aliphatic heterocycles. The summed E-state index contributed by atoms with van der Waals surface area (Å²) in [6.07, 6.45) is -1.66. The molecule has 2 aliphatic rings. The first-order valence-corrected chi connectivity index (χ1v) is 14.0. The van der Waals surface area contributed by atoms with Gasteiger partial charge in [0.25, 0.3) is 11.8 Å². The van der Waals surface area contributed by atoms with Crippen molar-refractivity contribution in [1.82, 2.24) is 10.2 Å². The van der Waals surface area contributed by atoms with Gasteiger partial charge >= 0.3 is 12.1 Å². The largest absolute Gasteiger partial charge is 0.481 e. The van der Waals surface area contributed by atoms with Crippen LogP contribution in [0.4, 0.5) is 13.2 Å². The fourth-order valence-electron chi connectivity index (χ4n) is 5.79. The van der Waals surface area contributed by atoms with Crippen LogP contribution in [0.3, 0.4) is 0 Å². The van der Waals surface area contributed by atoms with Gasteiger partial charge in [0.2, 0.25) is 0 Å². The molecule has 2 amide bonds. The number of carboxylic acid groups (broad SMARTS) is 1. The fourth-order valence-corrected chi connectivity index (χ4v) is 5.79. The summed E-state index contributed by atoms with van der Waals surface area (Å²) in [5.41, 5.74) is -0.101. The molecule has 7 nitrogen and oxygen atoms in total. The molecule has 1 spiro atoms. The van der Waals surface area contributed by atoms with E-state index in [1.54, 1.807) is 29.2 Å². The minimum absolute atomic E-state index is 0.0252. The highest BCUT2D eigenvalue weighted by Crippen LogP contribution is 2.44. The number of halogens is 3. The van der Waals surface area contributed by atoms with E-state index in [0.29, 0.717) is 36.8 Å². The summed E-state index contributed by atoms with van der Waals surface area (Å²) in [6, 6.07) is 11.7. The normalized spacial score (nSPS) is 21.7. The van der Waals surface area contributed by atoms with Crippen molar-refractivity contribution >= 4 is 23.5 Å². The lowest BCUT2D eigenvalue weighted by Crippen LogP contribution is -2.50. The smallest absolute Gasteiger partial charge is 0.416 e. The van der Waals surface area contributed by atoms with Crippen molar-refractivity contribution < 1.29 is 32.7 Å². The zero-order valence-electron chi connectivity index (χ0n) is 23.5. The number of amides is 2. The Hall–Kier alpha value is -3.69. The second kappa shape index (κ2) is 12.0. The van der Waals surface area contributed by atoms with Crippen LogP contribution in [0.2, 0.25) is 0 Å². The van der Waals surface area contributed by atoms with E-state index in [0.717, 1.165) is 30.5 Å². The van der Waals surface area contributed by atoms with Gasteiger partial charge in [0.1, 0.15) is 11.4 Å². The van der Waals surface area contributed by atoms with Crippen LogP contribution in [0.5, 0.6) is 0 Å². The third kappa shape index (κ3) is 6.80. The lowest BCUT2D eigenvalue weighted by atomic mass is 9.76. The molecule has 1 unspecified atom stereocenters. The lowest BCUT2D eigenvalue weighted by molar-refractivity contribution is -0.138. The van der Waals surface area contributed by atoms with Crippen LogP contribution in [-0.4, -0.2) is 52.3 Å². The average Bonchev–Trinajstić information content (AvgIpc) is 3.19. The van der Waals surface area contributed by atoms with Crippen molar-refractivity contribution in [2.45, 2.75) is 70.6 Å². The van der Waals surface area contributed by atoms with E-state index in [1.807, 2.05) is 6.92 Å². The first kappa shape index (κ1) is 30.3. The highest BCUT2D eigenvalue weighted by molar-refractivity contribution is 6.46. The topological polar surface area (TPSA) is 99.1 Å². The van der Waals surface area contributed by atoms with E-state index < -0.39 is 23.4 Å². The Morgan fingerprint density at radius 2 is 1.76 bits per heavy atom. The number of nitrogens with zero attached hydrogens (tertiary/aromatic N) is 2. The Bertz CT molecular complexity index is 1310. The molecule has 0 bridgehead atoms. The summed E-state index contributed by atoms with van der Waals surface area (Å²) in [4.78, 5) is 43.5. The highest BCUT2D eigenvalue weighted by atomic mass is 19.4. The molecular weight excluding hydrogens is 535 g/mol. The minimum atomic E-state index is -4.53. The Labute approximate surface area is 237 Å². The van der Waals surface area contributed by atoms with E-state index in [9.17, 15) is 27.6 Å². The summed E-state index contributed by atoms with van der Waals surface area (Å²) in [6.45, 7) is 6.66. The first-order chi connectivity index (χ1) is 19.3. The molecule has 220 valence electrons. The second-order valence-corrected chi connectivity index (χ2v) is 11.4. The maximum Gasteiger partial charge on any atom is 0.416 e. The summed E-state index contributed by atoms with van der Waals surface area (Å²) < 4.78 is 40.3. The van der Waals surface area contributed by atoms with E-state index >= 15 is 0 Å². The van der Waals surface area contributed by atoms with Gasteiger partial charge in [-0.25, -0.2) is 0 Å². The molecule has 1 heterocycles. The quantitative estimate of drug-likeness (QED) is 0.392. The second-order valence-electron chi connectivity index (χ2n) is 11.4. The van der Waals surface area contributed by atoms with Gasteiger partial charge in [-0.2, -0.15) is 13.2 Å². The molecule has 1 aliphatic carbocycles. The van der Waals surface area contributed by atoms with Crippen LogP contribution in [0.1, 0.15) is 85.8 Å². The number of rotatable bonds is 9. The van der Waals surface area contributed by atoms with Crippen LogP contribution >= 0.6 is 0 Å². The lowest BCUT2D eigenvalue weighted by Gasteiger charge is -2.43. The molecule has 0 aromatic heterocycles. The number of hydrogen-bond donors (Lipinski definition) is 2.